The zero-order valence-corrected chi connectivity index (χ0v) is 22.0. The summed E-state index contributed by atoms with van der Waals surface area (Å²) in [7, 11) is 0. The highest BCUT2D eigenvalue weighted by Gasteiger charge is 2.37. The van der Waals surface area contributed by atoms with Crippen molar-refractivity contribution in [1.29, 1.82) is 0 Å². The Balaban J connectivity index is 3.30. The minimum atomic E-state index is -1.13. The molecule has 1 aromatic rings. The van der Waals surface area contributed by atoms with Crippen LogP contribution in [0.1, 0.15) is 59.6 Å². The van der Waals surface area contributed by atoms with Gasteiger partial charge in [-0.2, -0.15) is 0 Å². The van der Waals surface area contributed by atoms with Crippen LogP contribution in [0.2, 0.25) is 0 Å². The van der Waals surface area contributed by atoms with E-state index in [-0.39, 0.29) is 37.8 Å². The van der Waals surface area contributed by atoms with Gasteiger partial charge in [-0.3, -0.25) is 14.4 Å². The Morgan fingerprint density at radius 1 is 1.14 bits per heavy atom. The lowest BCUT2D eigenvalue weighted by atomic mass is 9.98. The molecular weight excluding hydrogens is 466 g/mol. The van der Waals surface area contributed by atoms with Crippen LogP contribution in [0, 0.1) is 5.92 Å². The fourth-order valence-corrected chi connectivity index (χ4v) is 3.34. The van der Waals surface area contributed by atoms with Gasteiger partial charge in [0.1, 0.15) is 23.4 Å². The van der Waals surface area contributed by atoms with Crippen LogP contribution < -0.4 is 10.6 Å². The molecule has 1 aromatic carbocycles. The molecule has 0 bridgehead atoms. The van der Waals surface area contributed by atoms with Crippen LogP contribution in [0.25, 0.3) is 0 Å². The summed E-state index contributed by atoms with van der Waals surface area (Å²) in [5.41, 5.74) is -0.334. The number of hydrogen-bond donors (Lipinski definition) is 3. The van der Waals surface area contributed by atoms with Crippen LogP contribution in [0.5, 0.6) is 5.75 Å². The molecule has 0 radical (unpaired) electrons. The molecule has 0 aromatic heterocycles. The standard InChI is InChI=1S/C26H39N3O7/c1-8-16-29(24(33)21(17(3)4)28-25(34)36-26(5,6)7)22(18-10-12-19(30)13-11-18)23(32)27-15-14-20(31)35-9-2/h8,10-13,17,21-22,30H,1,9,14-16H2,2-7H3,(H,27,32)(H,28,34). The Labute approximate surface area is 213 Å². The molecule has 0 spiro atoms. The molecule has 1 rings (SSSR count). The van der Waals surface area contributed by atoms with Gasteiger partial charge in [-0.15, -0.1) is 6.58 Å². The van der Waals surface area contributed by atoms with Crippen LogP contribution in [-0.2, 0) is 23.9 Å². The van der Waals surface area contributed by atoms with Crippen molar-refractivity contribution in [2.75, 3.05) is 19.7 Å². The third kappa shape index (κ3) is 9.97. The lowest BCUT2D eigenvalue weighted by molar-refractivity contribution is -0.144. The molecule has 0 heterocycles. The zero-order valence-electron chi connectivity index (χ0n) is 22.0. The highest BCUT2D eigenvalue weighted by Crippen LogP contribution is 2.25. The Morgan fingerprint density at radius 3 is 2.25 bits per heavy atom. The lowest BCUT2D eigenvalue weighted by Crippen LogP contribution is -2.55. The van der Waals surface area contributed by atoms with Gasteiger partial charge < -0.3 is 30.1 Å². The largest absolute Gasteiger partial charge is 0.508 e. The zero-order chi connectivity index (χ0) is 27.5. The summed E-state index contributed by atoms with van der Waals surface area (Å²) in [5, 5.41) is 15.0. The van der Waals surface area contributed by atoms with E-state index in [2.05, 4.69) is 17.2 Å². The molecule has 200 valence electrons. The summed E-state index contributed by atoms with van der Waals surface area (Å²) >= 11 is 0. The Hall–Kier alpha value is -3.56. The maximum absolute atomic E-state index is 13.7. The average Bonchev–Trinajstić information content (AvgIpc) is 2.76. The number of carbonyl (C=O) groups excluding carboxylic acids is 4. The van der Waals surface area contributed by atoms with Gasteiger partial charge in [0.2, 0.25) is 11.8 Å². The van der Waals surface area contributed by atoms with Crippen molar-refractivity contribution in [3.63, 3.8) is 0 Å². The van der Waals surface area contributed by atoms with Crippen molar-refractivity contribution >= 4 is 23.9 Å². The van der Waals surface area contributed by atoms with Gasteiger partial charge in [-0.05, 0) is 51.3 Å². The number of phenols is 1. The summed E-state index contributed by atoms with van der Waals surface area (Å²) in [6, 6.07) is 3.75. The minimum Gasteiger partial charge on any atom is -0.508 e. The number of phenolic OH excluding ortho intramolecular Hbond substituents is 1. The maximum atomic E-state index is 13.7. The molecule has 36 heavy (non-hydrogen) atoms. The third-order valence-corrected chi connectivity index (χ3v) is 4.92. The van der Waals surface area contributed by atoms with E-state index in [1.807, 2.05) is 0 Å². The number of nitrogens with zero attached hydrogens (tertiary/aromatic N) is 1. The van der Waals surface area contributed by atoms with Gasteiger partial charge in [0.05, 0.1) is 13.0 Å². The van der Waals surface area contributed by atoms with E-state index < -0.39 is 41.6 Å². The number of ether oxygens (including phenoxy) is 2. The Morgan fingerprint density at radius 2 is 1.75 bits per heavy atom. The molecule has 0 saturated carbocycles. The number of rotatable bonds is 12. The normalized spacial score (nSPS) is 12.8. The molecule has 0 aliphatic heterocycles. The van der Waals surface area contributed by atoms with E-state index in [1.165, 1.54) is 35.2 Å². The highest BCUT2D eigenvalue weighted by atomic mass is 16.6. The van der Waals surface area contributed by atoms with Gasteiger partial charge in [0.15, 0.2) is 0 Å². The second-order valence-electron chi connectivity index (χ2n) is 9.49. The first-order valence-electron chi connectivity index (χ1n) is 11.9. The van der Waals surface area contributed by atoms with Gasteiger partial charge in [-0.25, -0.2) is 4.79 Å². The van der Waals surface area contributed by atoms with Crippen LogP contribution in [0.15, 0.2) is 36.9 Å². The van der Waals surface area contributed by atoms with Crippen LogP contribution in [-0.4, -0.2) is 65.2 Å². The fraction of sp³-hybridized carbons (Fsp3) is 0.538. The predicted octanol–water partition coefficient (Wildman–Crippen LogP) is 3.07. The summed E-state index contributed by atoms with van der Waals surface area (Å²) in [4.78, 5) is 52.5. The summed E-state index contributed by atoms with van der Waals surface area (Å²) < 4.78 is 10.2. The first-order chi connectivity index (χ1) is 16.8. The third-order valence-electron chi connectivity index (χ3n) is 4.92. The predicted molar refractivity (Wildman–Crippen MR) is 135 cm³/mol. The van der Waals surface area contributed by atoms with Crippen molar-refractivity contribution in [2.24, 2.45) is 5.92 Å². The van der Waals surface area contributed by atoms with Crippen molar-refractivity contribution in [3.8, 4) is 5.75 Å². The molecule has 2 unspecified atom stereocenters. The maximum Gasteiger partial charge on any atom is 0.408 e. The van der Waals surface area contributed by atoms with Gasteiger partial charge in [0, 0.05) is 13.1 Å². The average molecular weight is 506 g/mol. The van der Waals surface area contributed by atoms with Gasteiger partial charge in [-0.1, -0.05) is 32.1 Å². The van der Waals surface area contributed by atoms with E-state index in [9.17, 15) is 24.3 Å². The van der Waals surface area contributed by atoms with Crippen molar-refractivity contribution < 1.29 is 33.8 Å². The second-order valence-corrected chi connectivity index (χ2v) is 9.49. The van der Waals surface area contributed by atoms with E-state index in [1.54, 1.807) is 41.5 Å². The number of aromatic hydroxyl groups is 1. The molecule has 3 N–H and O–H groups in total. The molecule has 10 heteroatoms. The quantitative estimate of drug-likeness (QED) is 0.294. The molecule has 10 nitrogen and oxygen atoms in total. The first kappa shape index (κ1) is 30.5. The number of alkyl carbamates (subject to hydrolysis) is 1. The van der Waals surface area contributed by atoms with E-state index >= 15 is 0 Å². The lowest BCUT2D eigenvalue weighted by Gasteiger charge is -2.35. The Kier molecular flexibility index (Phi) is 11.9. The number of carbonyl (C=O) groups is 4. The van der Waals surface area contributed by atoms with Gasteiger partial charge >= 0.3 is 12.1 Å². The fourth-order valence-electron chi connectivity index (χ4n) is 3.34. The number of esters is 1. The van der Waals surface area contributed by atoms with E-state index in [4.69, 9.17) is 9.47 Å². The van der Waals surface area contributed by atoms with E-state index in [0.29, 0.717) is 5.56 Å². The molecule has 2 atom stereocenters. The SMILES string of the molecule is C=CCN(C(=O)C(NC(=O)OC(C)(C)C)C(C)C)C(C(=O)NCCC(=O)OCC)c1ccc(O)cc1. The number of benzene rings is 1. The molecule has 0 saturated heterocycles. The number of amides is 3. The van der Waals surface area contributed by atoms with E-state index in [0.717, 1.165) is 0 Å². The monoisotopic (exact) mass is 505 g/mol. The highest BCUT2D eigenvalue weighted by molar-refractivity contribution is 5.92. The number of hydrogen-bond acceptors (Lipinski definition) is 7. The molecular formula is C26H39N3O7. The van der Waals surface area contributed by atoms with Crippen LogP contribution in [0.3, 0.4) is 0 Å². The van der Waals surface area contributed by atoms with Crippen LogP contribution in [0.4, 0.5) is 4.79 Å². The summed E-state index contributed by atoms with van der Waals surface area (Å²) in [5.74, 6) is -1.85. The Bertz CT molecular complexity index is 907. The first-order valence-corrected chi connectivity index (χ1v) is 11.9. The molecule has 0 aliphatic rings. The molecule has 0 fully saturated rings. The molecule has 3 amide bonds. The molecule has 0 aliphatic carbocycles. The summed E-state index contributed by atoms with van der Waals surface area (Å²) in [6.45, 7) is 14.3. The second kappa shape index (κ2) is 14.1. The minimum absolute atomic E-state index is 0.00507. The van der Waals surface area contributed by atoms with Crippen molar-refractivity contribution in [3.05, 3.63) is 42.5 Å². The van der Waals surface area contributed by atoms with Crippen LogP contribution >= 0.6 is 0 Å². The smallest absolute Gasteiger partial charge is 0.408 e. The summed E-state index contributed by atoms with van der Waals surface area (Å²) in [6.07, 6.45) is 0.682. The van der Waals surface area contributed by atoms with Crippen molar-refractivity contribution in [1.82, 2.24) is 15.5 Å². The van der Waals surface area contributed by atoms with Crippen molar-refractivity contribution in [2.45, 2.75) is 65.6 Å². The topological polar surface area (TPSA) is 134 Å². The number of nitrogens with one attached hydrogen (secondary N) is 2. The van der Waals surface area contributed by atoms with Gasteiger partial charge in [0.25, 0.3) is 0 Å².